The van der Waals surface area contributed by atoms with Crippen LogP contribution in [-0.4, -0.2) is 25.6 Å². The minimum atomic E-state index is -1.08. The molecule has 0 aliphatic heterocycles. The number of carbonyl (C=O) groups is 2. The lowest BCUT2D eigenvalue weighted by Crippen LogP contribution is -2.30. The summed E-state index contributed by atoms with van der Waals surface area (Å²) in [4.78, 5) is 23.4. The summed E-state index contributed by atoms with van der Waals surface area (Å²) in [5.74, 6) is -1.36. The fourth-order valence-electron chi connectivity index (χ4n) is 1.81. The Labute approximate surface area is 111 Å². The molecule has 0 radical (unpaired) electrons. The zero-order chi connectivity index (χ0) is 13.8. The van der Waals surface area contributed by atoms with Gasteiger partial charge in [-0.15, -0.1) is 0 Å². The minimum absolute atomic E-state index is 0.368. The highest BCUT2D eigenvalue weighted by molar-refractivity contribution is 6.02. The Morgan fingerprint density at radius 1 is 1.42 bits per heavy atom. The molecule has 5 heteroatoms. The molecule has 102 valence electrons. The van der Waals surface area contributed by atoms with Gasteiger partial charge in [0.2, 0.25) is 5.91 Å². The van der Waals surface area contributed by atoms with Crippen molar-refractivity contribution in [3.8, 4) is 5.75 Å². The van der Waals surface area contributed by atoms with E-state index in [1.807, 2.05) is 0 Å². The summed E-state index contributed by atoms with van der Waals surface area (Å²) in [7, 11) is 1.52. The molecule has 1 amide bonds. The second kappa shape index (κ2) is 5.73. The lowest BCUT2D eigenvalue weighted by atomic mass is 9.98. The summed E-state index contributed by atoms with van der Waals surface area (Å²) in [6, 6.07) is 6.72. The fraction of sp³-hybridized carbons (Fsp3) is 0.429. The zero-order valence-corrected chi connectivity index (χ0v) is 10.8. The Morgan fingerprint density at radius 2 is 2.16 bits per heavy atom. The molecular formula is C14H17NO4. The zero-order valence-electron chi connectivity index (χ0n) is 10.8. The maximum absolute atomic E-state index is 12.0. The molecule has 0 aromatic heterocycles. The highest BCUT2D eigenvalue weighted by Gasteiger charge is 2.30. The van der Waals surface area contributed by atoms with E-state index in [0.29, 0.717) is 23.8 Å². The predicted octanol–water partition coefficient (Wildman–Crippen LogP) is 1.22. The van der Waals surface area contributed by atoms with Gasteiger partial charge in [-0.2, -0.15) is 0 Å². The molecule has 1 unspecified atom stereocenters. The highest BCUT2D eigenvalue weighted by atomic mass is 16.5. The predicted molar refractivity (Wildman–Crippen MR) is 68.6 cm³/mol. The third-order valence-corrected chi connectivity index (χ3v) is 3.11. The number of rotatable bonds is 6. The first-order valence-corrected chi connectivity index (χ1v) is 6.21. The third-order valence-electron chi connectivity index (χ3n) is 3.11. The summed E-state index contributed by atoms with van der Waals surface area (Å²) in [6.45, 7) is 0.368. The van der Waals surface area contributed by atoms with E-state index in [4.69, 9.17) is 15.2 Å². The van der Waals surface area contributed by atoms with Crippen molar-refractivity contribution in [3.63, 3.8) is 0 Å². The quantitative estimate of drug-likeness (QED) is 0.618. The number of nitrogens with two attached hydrogens (primary N) is 1. The van der Waals surface area contributed by atoms with Crippen molar-refractivity contribution in [3.05, 3.63) is 29.8 Å². The van der Waals surface area contributed by atoms with Gasteiger partial charge >= 0.3 is 5.97 Å². The molecule has 0 bridgehead atoms. The first kappa shape index (κ1) is 13.4. The average Bonchev–Trinajstić information content (AvgIpc) is 3.20. The standard InChI is InChI=1S/C14H17NO4/c1-18-11-4-2-3-10(7-11)12(13(15)16)14(17)19-8-9-5-6-9/h2-4,7,9,12H,5-6,8H2,1H3,(H2,15,16). The number of ether oxygens (including phenoxy) is 2. The molecule has 2 N–H and O–H groups in total. The Bertz CT molecular complexity index is 482. The highest BCUT2D eigenvalue weighted by Crippen LogP contribution is 2.30. The Kier molecular flexibility index (Phi) is 4.04. The minimum Gasteiger partial charge on any atom is -0.497 e. The lowest BCUT2D eigenvalue weighted by molar-refractivity contribution is -0.148. The summed E-state index contributed by atoms with van der Waals surface area (Å²) >= 11 is 0. The van der Waals surface area contributed by atoms with Gasteiger partial charge in [0.25, 0.3) is 0 Å². The molecule has 2 rings (SSSR count). The smallest absolute Gasteiger partial charge is 0.323 e. The van der Waals surface area contributed by atoms with Crippen LogP contribution in [0, 0.1) is 5.92 Å². The molecule has 1 aliphatic carbocycles. The van der Waals surface area contributed by atoms with E-state index in [1.54, 1.807) is 24.3 Å². The van der Waals surface area contributed by atoms with Gasteiger partial charge < -0.3 is 15.2 Å². The number of hydrogen-bond donors (Lipinski definition) is 1. The van der Waals surface area contributed by atoms with E-state index in [-0.39, 0.29) is 0 Å². The number of benzene rings is 1. The van der Waals surface area contributed by atoms with Gasteiger partial charge in [-0.3, -0.25) is 9.59 Å². The Balaban J connectivity index is 2.12. The Hall–Kier alpha value is -2.04. The van der Waals surface area contributed by atoms with E-state index in [9.17, 15) is 9.59 Å². The van der Waals surface area contributed by atoms with Gasteiger partial charge in [0, 0.05) is 0 Å². The van der Waals surface area contributed by atoms with Crippen LogP contribution in [-0.2, 0) is 14.3 Å². The van der Waals surface area contributed by atoms with Gasteiger partial charge in [0.15, 0.2) is 5.92 Å². The largest absolute Gasteiger partial charge is 0.497 e. The van der Waals surface area contributed by atoms with E-state index < -0.39 is 17.8 Å². The average molecular weight is 263 g/mol. The number of hydrogen-bond acceptors (Lipinski definition) is 4. The van der Waals surface area contributed by atoms with Crippen LogP contribution in [0.5, 0.6) is 5.75 Å². The first-order valence-electron chi connectivity index (χ1n) is 6.21. The van der Waals surface area contributed by atoms with Crippen LogP contribution in [0.25, 0.3) is 0 Å². The number of esters is 1. The van der Waals surface area contributed by atoms with E-state index in [0.717, 1.165) is 12.8 Å². The number of primary amides is 1. The van der Waals surface area contributed by atoms with Crippen LogP contribution in [0.15, 0.2) is 24.3 Å². The molecule has 1 aromatic rings. The molecule has 0 saturated heterocycles. The van der Waals surface area contributed by atoms with Gasteiger partial charge in [-0.25, -0.2) is 0 Å². The molecule has 0 spiro atoms. The van der Waals surface area contributed by atoms with Gasteiger partial charge in [-0.1, -0.05) is 12.1 Å². The molecule has 1 fully saturated rings. The van der Waals surface area contributed by atoms with Crippen LogP contribution in [0.1, 0.15) is 24.3 Å². The van der Waals surface area contributed by atoms with E-state index in [2.05, 4.69) is 0 Å². The van der Waals surface area contributed by atoms with Gasteiger partial charge in [0.05, 0.1) is 13.7 Å². The van der Waals surface area contributed by atoms with Crippen LogP contribution in [0.2, 0.25) is 0 Å². The summed E-state index contributed by atoms with van der Waals surface area (Å²) in [5, 5.41) is 0. The molecule has 5 nitrogen and oxygen atoms in total. The number of carbonyl (C=O) groups excluding carboxylic acids is 2. The summed E-state index contributed by atoms with van der Waals surface area (Å²) in [6.07, 6.45) is 2.15. The van der Waals surface area contributed by atoms with Crippen molar-refractivity contribution in [1.29, 1.82) is 0 Å². The maximum atomic E-state index is 12.0. The van der Waals surface area contributed by atoms with Crippen molar-refractivity contribution >= 4 is 11.9 Å². The Morgan fingerprint density at radius 3 is 2.74 bits per heavy atom. The van der Waals surface area contributed by atoms with Crippen molar-refractivity contribution in [1.82, 2.24) is 0 Å². The van der Waals surface area contributed by atoms with Crippen molar-refractivity contribution in [2.24, 2.45) is 11.7 Å². The van der Waals surface area contributed by atoms with Crippen molar-refractivity contribution < 1.29 is 19.1 Å². The molecule has 1 atom stereocenters. The molecule has 1 saturated carbocycles. The topological polar surface area (TPSA) is 78.6 Å². The van der Waals surface area contributed by atoms with Crippen LogP contribution >= 0.6 is 0 Å². The lowest BCUT2D eigenvalue weighted by Gasteiger charge is -2.14. The molecule has 19 heavy (non-hydrogen) atoms. The second-order valence-corrected chi connectivity index (χ2v) is 4.69. The van der Waals surface area contributed by atoms with Crippen molar-refractivity contribution in [2.45, 2.75) is 18.8 Å². The second-order valence-electron chi connectivity index (χ2n) is 4.69. The van der Waals surface area contributed by atoms with Crippen molar-refractivity contribution in [2.75, 3.05) is 13.7 Å². The molecular weight excluding hydrogens is 246 g/mol. The number of methoxy groups -OCH3 is 1. The maximum Gasteiger partial charge on any atom is 0.323 e. The monoisotopic (exact) mass is 263 g/mol. The van der Waals surface area contributed by atoms with Crippen LogP contribution in [0.4, 0.5) is 0 Å². The molecule has 0 heterocycles. The van der Waals surface area contributed by atoms with Crippen LogP contribution < -0.4 is 10.5 Å². The van der Waals surface area contributed by atoms with E-state index in [1.165, 1.54) is 7.11 Å². The molecule has 1 aliphatic rings. The van der Waals surface area contributed by atoms with Gasteiger partial charge in [0.1, 0.15) is 5.75 Å². The summed E-state index contributed by atoms with van der Waals surface area (Å²) in [5.41, 5.74) is 5.80. The SMILES string of the molecule is COc1cccc(C(C(N)=O)C(=O)OCC2CC2)c1. The molecule has 1 aromatic carbocycles. The summed E-state index contributed by atoms with van der Waals surface area (Å²) < 4.78 is 10.2. The number of amides is 1. The van der Waals surface area contributed by atoms with Crippen LogP contribution in [0.3, 0.4) is 0 Å². The third kappa shape index (κ3) is 3.47. The fourth-order valence-corrected chi connectivity index (χ4v) is 1.81. The first-order chi connectivity index (χ1) is 9.11. The van der Waals surface area contributed by atoms with E-state index >= 15 is 0 Å². The normalized spacial score (nSPS) is 15.6. The van der Waals surface area contributed by atoms with Gasteiger partial charge in [-0.05, 0) is 36.5 Å².